The molecule has 0 spiro atoms. The average molecular weight is 327 g/mol. The molecule has 1 fully saturated rings. The first kappa shape index (κ1) is 16.3. The maximum atomic E-state index is 12.2. The molecule has 1 aliphatic heterocycles. The number of nitrogens with zero attached hydrogens (tertiary/aromatic N) is 2. The molecule has 21 heavy (non-hydrogen) atoms. The highest BCUT2D eigenvalue weighted by Crippen LogP contribution is 2.23. The van der Waals surface area contributed by atoms with Crippen molar-refractivity contribution < 1.29 is 4.79 Å². The average Bonchev–Trinajstić information content (AvgIpc) is 2.87. The number of carbonyl (C=O) groups excluding carboxylic acids is 1. The molecular weight excluding hydrogens is 307 g/mol. The van der Waals surface area contributed by atoms with Crippen molar-refractivity contribution in [2.24, 2.45) is 5.92 Å². The summed E-state index contributed by atoms with van der Waals surface area (Å²) in [5, 5.41) is 1.02. The second kappa shape index (κ2) is 7.30. The summed E-state index contributed by atoms with van der Waals surface area (Å²) < 4.78 is 0. The van der Waals surface area contributed by atoms with E-state index in [1.165, 1.54) is 0 Å². The van der Waals surface area contributed by atoms with Crippen molar-refractivity contribution >= 4 is 35.2 Å². The van der Waals surface area contributed by atoms with Gasteiger partial charge in [-0.05, 0) is 50.2 Å². The van der Waals surface area contributed by atoms with Crippen LogP contribution in [0.5, 0.6) is 0 Å². The third-order valence-corrected chi connectivity index (χ3v) is 4.32. The van der Waals surface area contributed by atoms with Gasteiger partial charge in [0.1, 0.15) is 0 Å². The number of hydrogen-bond acceptors (Lipinski definition) is 2. The SMILES string of the molecule is CN(C)C[C@H]1CCN(C(=O)/C=C/c2ccc(Cl)c(Cl)c2)C1. The van der Waals surface area contributed by atoms with Gasteiger partial charge < -0.3 is 9.80 Å². The first-order valence-electron chi connectivity index (χ1n) is 7.02. The predicted molar refractivity (Wildman–Crippen MR) is 88.7 cm³/mol. The Bertz CT molecular complexity index is 543. The molecule has 1 heterocycles. The van der Waals surface area contributed by atoms with Gasteiger partial charge in [0, 0.05) is 25.7 Å². The summed E-state index contributed by atoms with van der Waals surface area (Å²) in [6.45, 7) is 2.70. The standard InChI is InChI=1S/C16H20Cl2N2O/c1-19(2)10-13-7-8-20(11-13)16(21)6-4-12-3-5-14(17)15(18)9-12/h3-6,9,13H,7-8,10-11H2,1-2H3/b6-4+/t13-/m1/s1. The van der Waals surface area contributed by atoms with Crippen molar-refractivity contribution in [2.75, 3.05) is 33.7 Å². The van der Waals surface area contributed by atoms with Crippen LogP contribution in [0.15, 0.2) is 24.3 Å². The van der Waals surface area contributed by atoms with Gasteiger partial charge >= 0.3 is 0 Å². The lowest BCUT2D eigenvalue weighted by Crippen LogP contribution is -2.29. The summed E-state index contributed by atoms with van der Waals surface area (Å²) in [6.07, 6.45) is 4.46. The molecule has 114 valence electrons. The Kier molecular flexibility index (Phi) is 5.68. The summed E-state index contributed by atoms with van der Waals surface area (Å²) in [5.74, 6) is 0.629. The van der Waals surface area contributed by atoms with Crippen LogP contribution in [0.25, 0.3) is 6.08 Å². The molecule has 1 saturated heterocycles. The summed E-state index contributed by atoms with van der Waals surface area (Å²) in [6, 6.07) is 5.33. The van der Waals surface area contributed by atoms with Crippen LogP contribution >= 0.6 is 23.2 Å². The molecule has 1 aromatic rings. The molecule has 1 atom stereocenters. The van der Waals surface area contributed by atoms with Crippen molar-refractivity contribution in [1.29, 1.82) is 0 Å². The van der Waals surface area contributed by atoms with Gasteiger partial charge in [0.05, 0.1) is 10.0 Å². The lowest BCUT2D eigenvalue weighted by molar-refractivity contribution is -0.125. The van der Waals surface area contributed by atoms with Gasteiger partial charge in [0.15, 0.2) is 0 Å². The maximum Gasteiger partial charge on any atom is 0.246 e. The van der Waals surface area contributed by atoms with Gasteiger partial charge in [-0.2, -0.15) is 0 Å². The summed E-state index contributed by atoms with van der Waals surface area (Å²) in [4.78, 5) is 16.2. The quantitative estimate of drug-likeness (QED) is 0.791. The van der Waals surface area contributed by atoms with Crippen LogP contribution in [0.4, 0.5) is 0 Å². The highest BCUT2D eigenvalue weighted by molar-refractivity contribution is 6.42. The molecule has 0 aromatic heterocycles. The van der Waals surface area contributed by atoms with Crippen LogP contribution < -0.4 is 0 Å². The van der Waals surface area contributed by atoms with Crippen LogP contribution in [0.3, 0.4) is 0 Å². The minimum atomic E-state index is 0.0577. The fourth-order valence-electron chi connectivity index (χ4n) is 2.59. The van der Waals surface area contributed by atoms with E-state index in [0.29, 0.717) is 16.0 Å². The number of amides is 1. The van der Waals surface area contributed by atoms with Gasteiger partial charge in [-0.25, -0.2) is 0 Å². The minimum absolute atomic E-state index is 0.0577. The Hall–Kier alpha value is -1.03. The molecule has 3 nitrogen and oxygen atoms in total. The number of likely N-dealkylation sites (tertiary alicyclic amines) is 1. The normalized spacial score (nSPS) is 18.9. The van der Waals surface area contributed by atoms with E-state index in [2.05, 4.69) is 19.0 Å². The second-order valence-corrected chi connectivity index (χ2v) is 6.52. The third kappa shape index (κ3) is 4.73. The Morgan fingerprint density at radius 3 is 2.81 bits per heavy atom. The molecule has 1 aromatic carbocycles. The number of rotatable bonds is 4. The van der Waals surface area contributed by atoms with Crippen LogP contribution in [0.2, 0.25) is 10.0 Å². The van der Waals surface area contributed by atoms with Gasteiger partial charge in [-0.3, -0.25) is 4.79 Å². The molecule has 1 aliphatic rings. The van der Waals surface area contributed by atoms with E-state index in [9.17, 15) is 4.79 Å². The van der Waals surface area contributed by atoms with Gasteiger partial charge in [0.2, 0.25) is 5.91 Å². The van der Waals surface area contributed by atoms with Crippen molar-refractivity contribution in [2.45, 2.75) is 6.42 Å². The van der Waals surface area contributed by atoms with E-state index in [-0.39, 0.29) is 5.91 Å². The van der Waals surface area contributed by atoms with E-state index in [1.54, 1.807) is 24.3 Å². The first-order chi connectivity index (χ1) is 9.95. The monoisotopic (exact) mass is 326 g/mol. The molecule has 0 N–H and O–H groups in total. The van der Waals surface area contributed by atoms with Crippen LogP contribution in [-0.4, -0.2) is 49.4 Å². The topological polar surface area (TPSA) is 23.6 Å². The number of hydrogen-bond donors (Lipinski definition) is 0. The summed E-state index contributed by atoms with van der Waals surface area (Å²) in [7, 11) is 4.13. The molecule has 5 heteroatoms. The summed E-state index contributed by atoms with van der Waals surface area (Å²) >= 11 is 11.8. The van der Waals surface area contributed by atoms with Crippen molar-refractivity contribution in [3.05, 3.63) is 39.9 Å². The van der Waals surface area contributed by atoms with E-state index >= 15 is 0 Å². The van der Waals surface area contributed by atoms with Crippen molar-refractivity contribution in [3.8, 4) is 0 Å². The van der Waals surface area contributed by atoms with Gasteiger partial charge in [-0.1, -0.05) is 29.3 Å². The molecule has 2 rings (SSSR count). The molecule has 0 unspecified atom stereocenters. The Morgan fingerprint density at radius 2 is 2.14 bits per heavy atom. The number of benzene rings is 1. The van der Waals surface area contributed by atoms with Crippen LogP contribution in [0.1, 0.15) is 12.0 Å². The lowest BCUT2D eigenvalue weighted by atomic mass is 10.1. The molecule has 1 amide bonds. The fraction of sp³-hybridized carbons (Fsp3) is 0.438. The smallest absolute Gasteiger partial charge is 0.246 e. The van der Waals surface area contributed by atoms with Crippen molar-refractivity contribution in [3.63, 3.8) is 0 Å². The third-order valence-electron chi connectivity index (χ3n) is 3.58. The molecule has 0 aliphatic carbocycles. The largest absolute Gasteiger partial charge is 0.339 e. The molecule has 0 radical (unpaired) electrons. The van der Waals surface area contributed by atoms with E-state index in [4.69, 9.17) is 23.2 Å². The molecule has 0 bridgehead atoms. The predicted octanol–water partition coefficient (Wildman–Crippen LogP) is 3.42. The highest BCUT2D eigenvalue weighted by atomic mass is 35.5. The summed E-state index contributed by atoms with van der Waals surface area (Å²) in [5.41, 5.74) is 0.877. The van der Waals surface area contributed by atoms with Crippen molar-refractivity contribution in [1.82, 2.24) is 9.80 Å². The fourth-order valence-corrected chi connectivity index (χ4v) is 2.89. The number of carbonyl (C=O) groups is 1. The van der Waals surface area contributed by atoms with Gasteiger partial charge in [-0.15, -0.1) is 0 Å². The molecular formula is C16H20Cl2N2O. The zero-order valence-corrected chi connectivity index (χ0v) is 13.9. The highest BCUT2D eigenvalue weighted by Gasteiger charge is 2.25. The Balaban J connectivity index is 1.92. The Morgan fingerprint density at radius 1 is 1.38 bits per heavy atom. The van der Waals surface area contributed by atoms with E-state index in [1.807, 2.05) is 11.0 Å². The maximum absolute atomic E-state index is 12.2. The van der Waals surface area contributed by atoms with Gasteiger partial charge in [0.25, 0.3) is 0 Å². The Labute approximate surface area is 136 Å². The second-order valence-electron chi connectivity index (χ2n) is 5.71. The lowest BCUT2D eigenvalue weighted by Gasteiger charge is -2.17. The van der Waals surface area contributed by atoms with E-state index < -0.39 is 0 Å². The molecule has 0 saturated carbocycles. The van der Waals surface area contributed by atoms with E-state index in [0.717, 1.165) is 31.6 Å². The van der Waals surface area contributed by atoms with Crippen LogP contribution in [-0.2, 0) is 4.79 Å². The zero-order valence-electron chi connectivity index (χ0n) is 12.4. The first-order valence-corrected chi connectivity index (χ1v) is 7.78. The minimum Gasteiger partial charge on any atom is -0.339 e. The zero-order chi connectivity index (χ0) is 15.4. The number of halogens is 2. The van der Waals surface area contributed by atoms with Crippen LogP contribution in [0, 0.1) is 5.92 Å².